The van der Waals surface area contributed by atoms with Crippen LogP contribution in [0.2, 0.25) is 0 Å². The van der Waals surface area contributed by atoms with Gasteiger partial charge in [-0.15, -0.1) is 15.0 Å². The number of nitrogens with zero attached hydrogens (tertiary/aromatic N) is 5. The Bertz CT molecular complexity index is 955. The first-order chi connectivity index (χ1) is 12.5. The molecule has 0 fully saturated rings. The molecule has 3 rings (SSSR count). The fourth-order valence-corrected chi connectivity index (χ4v) is 2.52. The van der Waals surface area contributed by atoms with Gasteiger partial charge >= 0.3 is 5.97 Å². The zero-order chi connectivity index (χ0) is 18.7. The van der Waals surface area contributed by atoms with Gasteiger partial charge < -0.3 is 10.0 Å². The molecule has 0 aliphatic rings. The number of nitro benzene ring substituents is 1. The molecular formula is C17H15N5O4. The van der Waals surface area contributed by atoms with Gasteiger partial charge in [-0.3, -0.25) is 10.1 Å². The molecule has 1 heterocycles. The van der Waals surface area contributed by atoms with Crippen LogP contribution in [0.25, 0.3) is 5.69 Å². The number of carboxylic acids is 1. The smallest absolute Gasteiger partial charge is 0.360 e. The Morgan fingerprint density at radius 1 is 1.15 bits per heavy atom. The van der Waals surface area contributed by atoms with E-state index in [9.17, 15) is 20.0 Å². The van der Waals surface area contributed by atoms with Gasteiger partial charge in [-0.2, -0.15) is 0 Å². The Balaban J connectivity index is 2.02. The van der Waals surface area contributed by atoms with E-state index in [4.69, 9.17) is 0 Å². The van der Waals surface area contributed by atoms with E-state index < -0.39 is 10.9 Å². The average Bonchev–Trinajstić information content (AvgIpc) is 3.08. The maximum absolute atomic E-state index is 11.6. The maximum Gasteiger partial charge on any atom is 0.360 e. The standard InChI is InChI=1S/C17H15N5O4/c1-20(11-12-7-3-2-4-8-12)16-15(17(23)24)18-21(19-16)13-9-5-6-10-14(13)22(25)26/h2-10H,11H2,1H3,(H,23,24). The van der Waals surface area contributed by atoms with Gasteiger partial charge in [0.1, 0.15) is 0 Å². The summed E-state index contributed by atoms with van der Waals surface area (Å²) in [5, 5.41) is 28.8. The van der Waals surface area contributed by atoms with Crippen LogP contribution in [0.1, 0.15) is 16.1 Å². The fourth-order valence-electron chi connectivity index (χ4n) is 2.52. The van der Waals surface area contributed by atoms with Crippen LogP contribution in [-0.4, -0.2) is 38.0 Å². The van der Waals surface area contributed by atoms with E-state index in [1.807, 2.05) is 30.3 Å². The minimum Gasteiger partial charge on any atom is -0.476 e. The topological polar surface area (TPSA) is 114 Å². The van der Waals surface area contributed by atoms with E-state index in [1.54, 1.807) is 18.0 Å². The van der Waals surface area contributed by atoms with Crippen LogP contribution < -0.4 is 4.90 Å². The molecule has 0 radical (unpaired) electrons. The third kappa shape index (κ3) is 3.36. The SMILES string of the molecule is CN(Cc1ccccc1)c1nn(-c2ccccc2[N+](=O)[O-])nc1C(=O)O. The lowest BCUT2D eigenvalue weighted by atomic mass is 10.2. The average molecular weight is 353 g/mol. The highest BCUT2D eigenvalue weighted by atomic mass is 16.6. The normalized spacial score (nSPS) is 10.5. The summed E-state index contributed by atoms with van der Waals surface area (Å²) < 4.78 is 0. The molecule has 0 atom stereocenters. The van der Waals surface area contributed by atoms with Crippen molar-refractivity contribution >= 4 is 17.5 Å². The van der Waals surface area contributed by atoms with Crippen LogP contribution >= 0.6 is 0 Å². The molecule has 3 aromatic rings. The van der Waals surface area contributed by atoms with Crippen molar-refractivity contribution in [1.29, 1.82) is 0 Å². The molecular weight excluding hydrogens is 338 g/mol. The van der Waals surface area contributed by atoms with Crippen LogP contribution in [0.15, 0.2) is 54.6 Å². The van der Waals surface area contributed by atoms with Gasteiger partial charge in [0.15, 0.2) is 11.5 Å². The van der Waals surface area contributed by atoms with Crippen molar-refractivity contribution in [2.75, 3.05) is 11.9 Å². The summed E-state index contributed by atoms with van der Waals surface area (Å²) in [6, 6.07) is 15.4. The number of rotatable bonds is 6. The first-order valence-corrected chi connectivity index (χ1v) is 7.67. The first kappa shape index (κ1) is 17.1. The molecule has 1 N–H and O–H groups in total. The number of carbonyl (C=O) groups is 1. The zero-order valence-electron chi connectivity index (χ0n) is 13.8. The molecule has 0 spiro atoms. The van der Waals surface area contributed by atoms with Crippen molar-refractivity contribution in [3.8, 4) is 5.69 Å². The van der Waals surface area contributed by atoms with E-state index in [2.05, 4.69) is 10.2 Å². The molecule has 0 unspecified atom stereocenters. The Labute approximate surface area is 148 Å². The van der Waals surface area contributed by atoms with Crippen LogP contribution in [0.5, 0.6) is 0 Å². The van der Waals surface area contributed by atoms with Crippen molar-refractivity contribution in [3.63, 3.8) is 0 Å². The number of aromatic nitrogens is 3. The van der Waals surface area contributed by atoms with Crippen molar-refractivity contribution < 1.29 is 14.8 Å². The van der Waals surface area contributed by atoms with Gasteiger partial charge in [0.2, 0.25) is 5.69 Å². The lowest BCUT2D eigenvalue weighted by Gasteiger charge is -2.16. The fraction of sp³-hybridized carbons (Fsp3) is 0.118. The summed E-state index contributed by atoms with van der Waals surface area (Å²) in [6.07, 6.45) is 0. The summed E-state index contributed by atoms with van der Waals surface area (Å²) >= 11 is 0. The molecule has 0 saturated carbocycles. The van der Waals surface area contributed by atoms with Gasteiger partial charge in [-0.25, -0.2) is 4.79 Å². The Morgan fingerprint density at radius 3 is 2.46 bits per heavy atom. The highest BCUT2D eigenvalue weighted by Gasteiger charge is 2.24. The molecule has 0 amide bonds. The number of para-hydroxylation sites is 2. The number of nitro groups is 1. The van der Waals surface area contributed by atoms with Crippen molar-refractivity contribution in [1.82, 2.24) is 15.0 Å². The van der Waals surface area contributed by atoms with E-state index in [0.717, 1.165) is 10.4 Å². The number of carboxylic acid groups (broad SMARTS) is 1. The summed E-state index contributed by atoms with van der Waals surface area (Å²) in [4.78, 5) is 24.8. The van der Waals surface area contributed by atoms with Crippen molar-refractivity contribution in [2.45, 2.75) is 6.54 Å². The van der Waals surface area contributed by atoms with Gasteiger partial charge in [-0.1, -0.05) is 42.5 Å². The summed E-state index contributed by atoms with van der Waals surface area (Å²) in [6.45, 7) is 0.413. The molecule has 0 saturated heterocycles. The Morgan fingerprint density at radius 2 is 1.81 bits per heavy atom. The number of hydrogen-bond acceptors (Lipinski definition) is 6. The predicted octanol–water partition coefficient (Wildman–Crippen LogP) is 2.51. The molecule has 0 aliphatic heterocycles. The second kappa shape index (κ2) is 7.01. The van der Waals surface area contributed by atoms with Crippen LogP contribution in [0.3, 0.4) is 0 Å². The number of aromatic carboxylic acids is 1. The van der Waals surface area contributed by atoms with E-state index in [-0.39, 0.29) is 22.9 Å². The third-order valence-corrected chi connectivity index (χ3v) is 3.72. The molecule has 2 aromatic carbocycles. The minimum absolute atomic E-state index is 0.0966. The van der Waals surface area contributed by atoms with E-state index >= 15 is 0 Å². The molecule has 9 nitrogen and oxygen atoms in total. The van der Waals surface area contributed by atoms with Gasteiger partial charge in [0.25, 0.3) is 5.69 Å². The lowest BCUT2D eigenvalue weighted by Crippen LogP contribution is -2.19. The van der Waals surface area contributed by atoms with Crippen molar-refractivity contribution in [3.05, 3.63) is 76.0 Å². The first-order valence-electron chi connectivity index (χ1n) is 7.67. The minimum atomic E-state index is -1.26. The highest BCUT2D eigenvalue weighted by Crippen LogP contribution is 2.24. The predicted molar refractivity (Wildman–Crippen MR) is 93.5 cm³/mol. The second-order valence-corrected chi connectivity index (χ2v) is 5.55. The molecule has 132 valence electrons. The quantitative estimate of drug-likeness (QED) is 0.535. The largest absolute Gasteiger partial charge is 0.476 e. The van der Waals surface area contributed by atoms with Crippen LogP contribution in [0.4, 0.5) is 11.5 Å². The Hall–Kier alpha value is -3.75. The molecule has 0 bridgehead atoms. The summed E-state index contributed by atoms with van der Waals surface area (Å²) in [5.41, 5.74) is 0.573. The van der Waals surface area contributed by atoms with Crippen LogP contribution in [-0.2, 0) is 6.54 Å². The third-order valence-electron chi connectivity index (χ3n) is 3.72. The number of hydrogen-bond donors (Lipinski definition) is 1. The molecule has 9 heteroatoms. The Kier molecular flexibility index (Phi) is 4.61. The molecule has 26 heavy (non-hydrogen) atoms. The van der Waals surface area contributed by atoms with Gasteiger partial charge in [0.05, 0.1) is 4.92 Å². The van der Waals surface area contributed by atoms with Gasteiger partial charge in [0, 0.05) is 19.7 Å². The maximum atomic E-state index is 11.6. The molecule has 0 aliphatic carbocycles. The highest BCUT2D eigenvalue weighted by molar-refractivity contribution is 5.91. The summed E-state index contributed by atoms with van der Waals surface area (Å²) in [5.74, 6) is -1.13. The molecule has 1 aromatic heterocycles. The lowest BCUT2D eigenvalue weighted by molar-refractivity contribution is -0.384. The number of benzene rings is 2. The van der Waals surface area contributed by atoms with Gasteiger partial charge in [-0.05, 0) is 11.6 Å². The van der Waals surface area contributed by atoms with Crippen molar-refractivity contribution in [2.24, 2.45) is 0 Å². The van der Waals surface area contributed by atoms with E-state index in [0.29, 0.717) is 6.54 Å². The second-order valence-electron chi connectivity index (χ2n) is 5.55. The zero-order valence-corrected chi connectivity index (χ0v) is 13.8. The monoisotopic (exact) mass is 353 g/mol. The number of anilines is 1. The van der Waals surface area contributed by atoms with E-state index in [1.165, 1.54) is 18.2 Å². The van der Waals surface area contributed by atoms with Crippen LogP contribution in [0, 0.1) is 10.1 Å². The summed E-state index contributed by atoms with van der Waals surface area (Å²) in [7, 11) is 1.69.